The van der Waals surface area contributed by atoms with Crippen molar-refractivity contribution in [3.05, 3.63) is 29.8 Å². The van der Waals surface area contributed by atoms with Crippen molar-refractivity contribution in [2.45, 2.75) is 45.3 Å². The molecule has 5 heteroatoms. The van der Waals surface area contributed by atoms with Crippen molar-refractivity contribution in [3.63, 3.8) is 0 Å². The number of methoxy groups -OCH3 is 1. The molecule has 1 rings (SSSR count). The van der Waals surface area contributed by atoms with Crippen molar-refractivity contribution >= 4 is 14.3 Å². The van der Waals surface area contributed by atoms with Crippen molar-refractivity contribution in [1.82, 2.24) is 0 Å². The molecule has 1 unspecified atom stereocenters. The average Bonchev–Trinajstić information content (AvgIpc) is 2.42. The van der Waals surface area contributed by atoms with Gasteiger partial charge in [0.05, 0.1) is 13.0 Å². The quantitative estimate of drug-likeness (QED) is 0.771. The zero-order valence-corrected chi connectivity index (χ0v) is 15.5. The number of aliphatic carboxylic acids is 1. The van der Waals surface area contributed by atoms with Crippen LogP contribution in [0.2, 0.25) is 18.1 Å². The number of carbonyl (C=O) groups is 1. The van der Waals surface area contributed by atoms with E-state index in [4.69, 9.17) is 9.16 Å². The lowest BCUT2D eigenvalue weighted by atomic mass is 10.0. The summed E-state index contributed by atoms with van der Waals surface area (Å²) in [5, 5.41) is 9.54. The van der Waals surface area contributed by atoms with Gasteiger partial charge in [-0.15, -0.1) is 0 Å². The molecule has 0 saturated heterocycles. The van der Waals surface area contributed by atoms with Crippen LogP contribution in [0.15, 0.2) is 24.3 Å². The van der Waals surface area contributed by atoms with Crippen LogP contribution in [0.4, 0.5) is 0 Å². The van der Waals surface area contributed by atoms with Crippen LogP contribution in [0.25, 0.3) is 0 Å². The largest absolute Gasteiger partial charge is 0.497 e. The first-order valence-corrected chi connectivity index (χ1v) is 10.5. The number of benzene rings is 1. The summed E-state index contributed by atoms with van der Waals surface area (Å²) in [5.74, 6) is -0.616. The number of rotatable bonds is 7. The molecule has 0 bridgehead atoms. The molecule has 124 valence electrons. The Labute approximate surface area is 134 Å². The highest BCUT2D eigenvalue weighted by molar-refractivity contribution is 6.74. The first kappa shape index (κ1) is 18.7. The molecule has 0 amide bonds. The van der Waals surface area contributed by atoms with Crippen LogP contribution in [-0.4, -0.2) is 33.1 Å². The first-order chi connectivity index (χ1) is 10.1. The molecule has 0 aliphatic carbocycles. The first-order valence-electron chi connectivity index (χ1n) is 7.56. The molecule has 22 heavy (non-hydrogen) atoms. The van der Waals surface area contributed by atoms with Crippen LogP contribution in [-0.2, 0) is 15.6 Å². The molecule has 0 aliphatic rings. The zero-order valence-electron chi connectivity index (χ0n) is 14.5. The standard InChI is InChI=1S/C17H28O4Si/c1-17(2,3)22(5,6)21-12-14(16(18)19)10-13-8-7-9-15(11-13)20-4/h7-9,11,14H,10,12H2,1-6H3,(H,18,19). The lowest BCUT2D eigenvalue weighted by Gasteiger charge is -2.36. The van der Waals surface area contributed by atoms with Gasteiger partial charge in [-0.25, -0.2) is 0 Å². The van der Waals surface area contributed by atoms with Crippen molar-refractivity contribution < 1.29 is 19.1 Å². The van der Waals surface area contributed by atoms with Crippen molar-refractivity contribution in [3.8, 4) is 5.75 Å². The van der Waals surface area contributed by atoms with Crippen molar-refractivity contribution in [2.75, 3.05) is 13.7 Å². The summed E-state index contributed by atoms with van der Waals surface area (Å²) < 4.78 is 11.3. The van der Waals surface area contributed by atoms with Gasteiger partial charge in [-0.2, -0.15) is 0 Å². The van der Waals surface area contributed by atoms with Crippen LogP contribution in [0.1, 0.15) is 26.3 Å². The van der Waals surface area contributed by atoms with E-state index < -0.39 is 20.2 Å². The average molecular weight is 324 g/mol. The lowest BCUT2D eigenvalue weighted by molar-refractivity contribution is -0.142. The Balaban J connectivity index is 2.76. The second-order valence-corrected chi connectivity index (χ2v) is 12.0. The summed E-state index contributed by atoms with van der Waals surface area (Å²) in [6.07, 6.45) is 0.446. The minimum absolute atomic E-state index is 0.0754. The summed E-state index contributed by atoms with van der Waals surface area (Å²) in [4.78, 5) is 11.5. The van der Waals surface area contributed by atoms with E-state index in [0.29, 0.717) is 6.42 Å². The van der Waals surface area contributed by atoms with Crippen LogP contribution >= 0.6 is 0 Å². The normalized spacial score (nSPS) is 13.7. The van der Waals surface area contributed by atoms with Gasteiger partial charge >= 0.3 is 5.97 Å². The zero-order chi connectivity index (χ0) is 17.0. The molecule has 0 saturated carbocycles. The van der Waals surface area contributed by atoms with E-state index in [1.165, 1.54) is 0 Å². The van der Waals surface area contributed by atoms with Gasteiger partial charge in [-0.05, 0) is 42.2 Å². The maximum Gasteiger partial charge on any atom is 0.309 e. The maximum absolute atomic E-state index is 11.5. The molecule has 4 nitrogen and oxygen atoms in total. The van der Waals surface area contributed by atoms with Crippen LogP contribution in [0, 0.1) is 5.92 Å². The summed E-state index contributed by atoms with van der Waals surface area (Å²) in [6.45, 7) is 11.0. The maximum atomic E-state index is 11.5. The Morgan fingerprint density at radius 1 is 1.32 bits per heavy atom. The van der Waals surface area contributed by atoms with E-state index in [9.17, 15) is 9.90 Å². The Morgan fingerprint density at radius 2 is 1.95 bits per heavy atom. The molecule has 0 radical (unpaired) electrons. The predicted octanol–water partition coefficient (Wildman–Crippen LogP) is 3.96. The molecule has 1 N–H and O–H groups in total. The van der Waals surface area contributed by atoms with Gasteiger partial charge in [-0.1, -0.05) is 32.9 Å². The van der Waals surface area contributed by atoms with Gasteiger partial charge < -0.3 is 14.3 Å². The van der Waals surface area contributed by atoms with E-state index in [0.717, 1.165) is 11.3 Å². The van der Waals surface area contributed by atoms with E-state index in [-0.39, 0.29) is 11.6 Å². The monoisotopic (exact) mass is 324 g/mol. The minimum atomic E-state index is -1.94. The second kappa shape index (κ2) is 7.29. The third kappa shape index (κ3) is 5.14. The number of ether oxygens (including phenoxy) is 1. The fraction of sp³-hybridized carbons (Fsp3) is 0.588. The van der Waals surface area contributed by atoms with Gasteiger partial charge in [0.15, 0.2) is 8.32 Å². The summed E-state index contributed by atoms with van der Waals surface area (Å²) in [6, 6.07) is 7.53. The molecule has 0 spiro atoms. The van der Waals surface area contributed by atoms with Crippen LogP contribution in [0.5, 0.6) is 5.75 Å². The highest BCUT2D eigenvalue weighted by Gasteiger charge is 2.38. The second-order valence-electron chi connectivity index (χ2n) is 7.16. The van der Waals surface area contributed by atoms with Crippen LogP contribution < -0.4 is 4.74 Å². The van der Waals surface area contributed by atoms with E-state index >= 15 is 0 Å². The molecule has 1 atom stereocenters. The topological polar surface area (TPSA) is 55.8 Å². The molecule has 0 aromatic heterocycles. The minimum Gasteiger partial charge on any atom is -0.497 e. The highest BCUT2D eigenvalue weighted by atomic mass is 28.4. The smallest absolute Gasteiger partial charge is 0.309 e. The predicted molar refractivity (Wildman–Crippen MR) is 91.0 cm³/mol. The lowest BCUT2D eigenvalue weighted by Crippen LogP contribution is -2.42. The Morgan fingerprint density at radius 3 is 2.45 bits per heavy atom. The molecule has 0 fully saturated rings. The number of hydrogen-bond donors (Lipinski definition) is 1. The van der Waals surface area contributed by atoms with Crippen LogP contribution in [0.3, 0.4) is 0 Å². The van der Waals surface area contributed by atoms with Gasteiger partial charge in [-0.3, -0.25) is 4.79 Å². The third-order valence-corrected chi connectivity index (χ3v) is 8.92. The van der Waals surface area contributed by atoms with Crippen molar-refractivity contribution in [1.29, 1.82) is 0 Å². The Bertz CT molecular complexity index is 506. The number of hydrogen-bond acceptors (Lipinski definition) is 3. The summed E-state index contributed by atoms with van der Waals surface area (Å²) in [7, 11) is -0.331. The van der Waals surface area contributed by atoms with E-state index in [2.05, 4.69) is 33.9 Å². The molecular formula is C17H28O4Si. The Hall–Kier alpha value is -1.33. The SMILES string of the molecule is COc1cccc(CC(CO[Si](C)(C)C(C)(C)C)C(=O)O)c1. The van der Waals surface area contributed by atoms with E-state index in [1.54, 1.807) is 7.11 Å². The van der Waals surface area contributed by atoms with Gasteiger partial charge in [0, 0.05) is 6.61 Å². The molecule has 1 aromatic carbocycles. The van der Waals surface area contributed by atoms with Gasteiger partial charge in [0.25, 0.3) is 0 Å². The summed E-state index contributed by atoms with van der Waals surface area (Å²) >= 11 is 0. The number of carboxylic acid groups (broad SMARTS) is 1. The van der Waals surface area contributed by atoms with Gasteiger partial charge in [0.2, 0.25) is 0 Å². The van der Waals surface area contributed by atoms with E-state index in [1.807, 2.05) is 24.3 Å². The molecular weight excluding hydrogens is 296 g/mol. The summed E-state index contributed by atoms with van der Waals surface area (Å²) in [5.41, 5.74) is 0.950. The molecule has 0 heterocycles. The van der Waals surface area contributed by atoms with Gasteiger partial charge in [0.1, 0.15) is 5.75 Å². The third-order valence-electron chi connectivity index (χ3n) is 4.42. The molecule has 0 aliphatic heterocycles. The fourth-order valence-corrected chi connectivity index (χ4v) is 2.88. The highest BCUT2D eigenvalue weighted by Crippen LogP contribution is 2.36. The molecule has 1 aromatic rings. The number of carboxylic acids is 1. The Kier molecular flexibility index (Phi) is 6.20. The van der Waals surface area contributed by atoms with Crippen molar-refractivity contribution in [2.24, 2.45) is 5.92 Å². The fourth-order valence-electron chi connectivity index (χ4n) is 1.83.